The third kappa shape index (κ3) is 1.93. The first-order valence-corrected chi connectivity index (χ1v) is 4.62. The van der Waals surface area contributed by atoms with E-state index >= 15 is 0 Å². The van der Waals surface area contributed by atoms with Crippen LogP contribution >= 0.6 is 11.6 Å². The molecule has 0 saturated carbocycles. The number of nitrogens with one attached hydrogen (secondary N) is 2. The molecule has 0 spiro atoms. The van der Waals surface area contributed by atoms with E-state index in [4.69, 9.17) is 11.6 Å². The number of hydrogen-bond acceptors (Lipinski definition) is 4. The summed E-state index contributed by atoms with van der Waals surface area (Å²) in [5.74, 6) is 0.621. The summed E-state index contributed by atoms with van der Waals surface area (Å²) < 4.78 is 0. The summed E-state index contributed by atoms with van der Waals surface area (Å²) in [7, 11) is 0. The Hall–Kier alpha value is -1.36. The fraction of sp³-hybridized carbons (Fsp3) is 0.375. The highest BCUT2D eigenvalue weighted by molar-refractivity contribution is 6.32. The lowest BCUT2D eigenvalue weighted by Crippen LogP contribution is -2.23. The van der Waals surface area contributed by atoms with Gasteiger partial charge in [-0.05, 0) is 0 Å². The first-order chi connectivity index (χ1) is 6.75. The molecule has 0 aromatic carbocycles. The zero-order valence-electron chi connectivity index (χ0n) is 7.33. The summed E-state index contributed by atoms with van der Waals surface area (Å²) in [5, 5.41) is 6.26. The van der Waals surface area contributed by atoms with Gasteiger partial charge in [-0.1, -0.05) is 11.6 Å². The minimum absolute atomic E-state index is 0.0488. The van der Waals surface area contributed by atoms with E-state index in [9.17, 15) is 4.79 Å². The molecule has 1 fully saturated rings. The molecule has 5 nitrogen and oxygen atoms in total. The molecule has 2 N–H and O–H groups in total. The molecule has 6 heteroatoms. The SMILES string of the molecule is O=C1CC(Nc2ncncc2Cl)CN1. The van der Waals surface area contributed by atoms with Crippen LogP contribution in [0.15, 0.2) is 12.5 Å². The van der Waals surface area contributed by atoms with Crippen LogP contribution in [-0.4, -0.2) is 28.5 Å². The van der Waals surface area contributed by atoms with E-state index < -0.39 is 0 Å². The van der Waals surface area contributed by atoms with Crippen LogP contribution < -0.4 is 10.6 Å². The highest BCUT2D eigenvalue weighted by Gasteiger charge is 2.21. The lowest BCUT2D eigenvalue weighted by molar-refractivity contribution is -0.119. The predicted molar refractivity (Wildman–Crippen MR) is 52.1 cm³/mol. The molecule has 0 aliphatic carbocycles. The molecule has 1 aromatic heterocycles. The topological polar surface area (TPSA) is 66.9 Å². The highest BCUT2D eigenvalue weighted by Crippen LogP contribution is 2.18. The normalized spacial score (nSPS) is 20.6. The summed E-state index contributed by atoms with van der Waals surface area (Å²) in [6.45, 7) is 0.610. The van der Waals surface area contributed by atoms with Gasteiger partial charge in [0.1, 0.15) is 17.2 Å². The first kappa shape index (κ1) is 9.21. The third-order valence-corrected chi connectivity index (χ3v) is 2.26. The molecule has 2 rings (SSSR count). The van der Waals surface area contributed by atoms with Gasteiger partial charge in [0.2, 0.25) is 5.91 Å². The Labute approximate surface area is 85.9 Å². The van der Waals surface area contributed by atoms with Gasteiger partial charge in [-0.25, -0.2) is 9.97 Å². The second-order valence-electron chi connectivity index (χ2n) is 3.07. The van der Waals surface area contributed by atoms with Crippen LogP contribution in [0.25, 0.3) is 0 Å². The van der Waals surface area contributed by atoms with Crippen molar-refractivity contribution in [2.45, 2.75) is 12.5 Å². The lowest BCUT2D eigenvalue weighted by atomic mass is 10.2. The van der Waals surface area contributed by atoms with E-state index in [1.807, 2.05) is 0 Å². The summed E-state index contributed by atoms with van der Waals surface area (Å²) in [6.07, 6.45) is 3.39. The van der Waals surface area contributed by atoms with E-state index in [1.54, 1.807) is 0 Å². The quantitative estimate of drug-likeness (QED) is 0.746. The molecular formula is C8H9ClN4O. The first-order valence-electron chi connectivity index (χ1n) is 4.24. The Morgan fingerprint density at radius 1 is 1.64 bits per heavy atom. The number of hydrogen-bond donors (Lipinski definition) is 2. The monoisotopic (exact) mass is 212 g/mol. The number of nitrogens with zero attached hydrogens (tertiary/aromatic N) is 2. The maximum Gasteiger partial charge on any atom is 0.222 e. The Morgan fingerprint density at radius 3 is 3.14 bits per heavy atom. The number of aromatic nitrogens is 2. The molecule has 1 aromatic rings. The Morgan fingerprint density at radius 2 is 2.50 bits per heavy atom. The fourth-order valence-electron chi connectivity index (χ4n) is 1.32. The zero-order valence-corrected chi connectivity index (χ0v) is 8.08. The van der Waals surface area contributed by atoms with Gasteiger partial charge in [-0.3, -0.25) is 4.79 Å². The van der Waals surface area contributed by atoms with E-state index in [2.05, 4.69) is 20.6 Å². The summed E-state index contributed by atoms with van der Waals surface area (Å²) >= 11 is 5.85. The smallest absolute Gasteiger partial charge is 0.222 e. The molecular weight excluding hydrogens is 204 g/mol. The van der Waals surface area contributed by atoms with Gasteiger partial charge in [-0.15, -0.1) is 0 Å². The fourth-order valence-corrected chi connectivity index (χ4v) is 1.48. The van der Waals surface area contributed by atoms with Crippen molar-refractivity contribution in [1.82, 2.24) is 15.3 Å². The van der Waals surface area contributed by atoms with Crippen molar-refractivity contribution < 1.29 is 4.79 Å². The van der Waals surface area contributed by atoms with E-state index in [-0.39, 0.29) is 11.9 Å². The molecule has 1 saturated heterocycles. The molecule has 1 atom stereocenters. The molecule has 1 aliphatic rings. The van der Waals surface area contributed by atoms with Gasteiger partial charge in [0.25, 0.3) is 0 Å². The second-order valence-corrected chi connectivity index (χ2v) is 3.48. The average molecular weight is 213 g/mol. The maximum atomic E-state index is 10.9. The molecule has 0 bridgehead atoms. The van der Waals surface area contributed by atoms with Crippen molar-refractivity contribution in [2.24, 2.45) is 0 Å². The van der Waals surface area contributed by atoms with Crippen molar-refractivity contribution in [2.75, 3.05) is 11.9 Å². The number of carbonyl (C=O) groups excluding carboxylic acids is 1. The van der Waals surface area contributed by atoms with Crippen molar-refractivity contribution >= 4 is 23.3 Å². The minimum Gasteiger partial charge on any atom is -0.364 e. The van der Waals surface area contributed by atoms with Crippen LogP contribution in [0.1, 0.15) is 6.42 Å². The van der Waals surface area contributed by atoms with Crippen molar-refractivity contribution in [3.05, 3.63) is 17.5 Å². The van der Waals surface area contributed by atoms with Gasteiger partial charge in [0.15, 0.2) is 0 Å². The van der Waals surface area contributed by atoms with E-state index in [0.717, 1.165) is 0 Å². The van der Waals surface area contributed by atoms with Gasteiger partial charge in [-0.2, -0.15) is 0 Å². The summed E-state index contributed by atoms with van der Waals surface area (Å²) in [4.78, 5) is 18.7. The van der Waals surface area contributed by atoms with Gasteiger partial charge < -0.3 is 10.6 Å². The molecule has 1 aliphatic heterocycles. The van der Waals surface area contributed by atoms with E-state index in [1.165, 1.54) is 12.5 Å². The molecule has 2 heterocycles. The van der Waals surface area contributed by atoms with Crippen molar-refractivity contribution in [3.8, 4) is 0 Å². The van der Waals surface area contributed by atoms with E-state index in [0.29, 0.717) is 23.8 Å². The lowest BCUT2D eigenvalue weighted by Gasteiger charge is -2.11. The van der Waals surface area contributed by atoms with Gasteiger partial charge in [0.05, 0.1) is 12.2 Å². The van der Waals surface area contributed by atoms with Crippen LogP contribution in [-0.2, 0) is 4.79 Å². The number of amides is 1. The average Bonchev–Trinajstić information content (AvgIpc) is 2.56. The number of halogens is 1. The predicted octanol–water partition coefficient (Wildman–Crippen LogP) is 0.430. The van der Waals surface area contributed by atoms with Gasteiger partial charge >= 0.3 is 0 Å². The van der Waals surface area contributed by atoms with Crippen LogP contribution in [0.5, 0.6) is 0 Å². The number of carbonyl (C=O) groups is 1. The van der Waals surface area contributed by atoms with Crippen LogP contribution in [0.4, 0.5) is 5.82 Å². The minimum atomic E-state index is 0.0488. The van der Waals surface area contributed by atoms with Gasteiger partial charge in [0, 0.05) is 13.0 Å². The molecule has 14 heavy (non-hydrogen) atoms. The molecule has 0 radical (unpaired) electrons. The Balaban J connectivity index is 2.04. The van der Waals surface area contributed by atoms with Crippen LogP contribution in [0.3, 0.4) is 0 Å². The highest BCUT2D eigenvalue weighted by atomic mass is 35.5. The van der Waals surface area contributed by atoms with Crippen molar-refractivity contribution in [1.29, 1.82) is 0 Å². The number of rotatable bonds is 2. The van der Waals surface area contributed by atoms with Crippen molar-refractivity contribution in [3.63, 3.8) is 0 Å². The summed E-state index contributed by atoms with van der Waals surface area (Å²) in [5.41, 5.74) is 0. The molecule has 1 unspecified atom stereocenters. The Bertz CT molecular complexity index is 357. The summed E-state index contributed by atoms with van der Waals surface area (Å²) in [6, 6.07) is 0.0647. The Kier molecular flexibility index (Phi) is 2.49. The maximum absolute atomic E-state index is 10.9. The standard InChI is InChI=1S/C8H9ClN4O/c9-6-3-10-4-12-8(6)13-5-1-7(14)11-2-5/h3-5H,1-2H2,(H,11,14)(H,10,12,13). The second kappa shape index (κ2) is 3.79. The third-order valence-electron chi connectivity index (χ3n) is 1.99. The molecule has 74 valence electrons. The van der Waals surface area contributed by atoms with Crippen LogP contribution in [0.2, 0.25) is 5.02 Å². The van der Waals surface area contributed by atoms with Crippen LogP contribution in [0, 0.1) is 0 Å². The number of anilines is 1. The molecule has 1 amide bonds. The zero-order chi connectivity index (χ0) is 9.97. The largest absolute Gasteiger partial charge is 0.364 e.